The molecule has 2 aliphatic heterocycles. The highest BCUT2D eigenvalue weighted by Gasteiger charge is 2.40. The Balaban J connectivity index is 0.00000245. The predicted molar refractivity (Wildman–Crippen MR) is 124 cm³/mol. The first-order valence-electron chi connectivity index (χ1n) is 10.7. The van der Waals surface area contributed by atoms with Gasteiger partial charge in [0.15, 0.2) is 0 Å². The molecule has 0 atom stereocenters. The molecule has 0 radical (unpaired) electrons. The molecular formula is C23H27ClN6O2. The van der Waals surface area contributed by atoms with Crippen LogP contribution in [0.2, 0.25) is 0 Å². The van der Waals surface area contributed by atoms with Gasteiger partial charge in [-0.25, -0.2) is 15.4 Å². The molecule has 0 bridgehead atoms. The molecule has 1 amide bonds. The molecule has 5 rings (SSSR count). The van der Waals surface area contributed by atoms with E-state index in [9.17, 15) is 4.79 Å². The molecule has 9 heteroatoms. The second kappa shape index (κ2) is 9.36. The van der Waals surface area contributed by atoms with Gasteiger partial charge in [-0.2, -0.15) is 0 Å². The van der Waals surface area contributed by atoms with Gasteiger partial charge in [0.2, 0.25) is 5.95 Å². The van der Waals surface area contributed by atoms with Crippen molar-refractivity contribution in [3.8, 4) is 0 Å². The van der Waals surface area contributed by atoms with Crippen molar-refractivity contribution < 1.29 is 10.0 Å². The molecule has 0 unspecified atom stereocenters. The molecule has 8 nitrogen and oxygen atoms in total. The summed E-state index contributed by atoms with van der Waals surface area (Å²) in [5.41, 5.74) is 4.61. The first-order chi connectivity index (χ1) is 15.2. The Kier molecular flexibility index (Phi) is 6.55. The fourth-order valence-electron chi connectivity index (χ4n) is 4.95. The smallest absolute Gasteiger partial charge is 0.277 e. The Morgan fingerprint density at radius 2 is 1.75 bits per heavy atom. The van der Waals surface area contributed by atoms with Gasteiger partial charge in [0.1, 0.15) is 0 Å². The third-order valence-corrected chi connectivity index (χ3v) is 6.74. The number of benzene rings is 1. The first-order valence-corrected chi connectivity index (χ1v) is 10.7. The number of rotatable bonds is 4. The number of para-hydroxylation sites is 1. The number of amides is 1. The number of hydroxylamine groups is 1. The number of carbonyl (C=O) groups excluding carboxylic acids is 1. The highest BCUT2D eigenvalue weighted by Crippen LogP contribution is 2.41. The van der Waals surface area contributed by atoms with E-state index in [2.05, 4.69) is 49.0 Å². The van der Waals surface area contributed by atoms with Crippen LogP contribution in [0.25, 0.3) is 10.9 Å². The number of hydrogen-bond acceptors (Lipinski definition) is 7. The van der Waals surface area contributed by atoms with Gasteiger partial charge in [-0.05, 0) is 42.9 Å². The van der Waals surface area contributed by atoms with Crippen LogP contribution >= 0.6 is 12.4 Å². The zero-order valence-electron chi connectivity index (χ0n) is 17.8. The van der Waals surface area contributed by atoms with E-state index in [1.807, 2.05) is 12.3 Å². The molecule has 2 aromatic heterocycles. The third kappa shape index (κ3) is 4.39. The molecule has 1 aromatic carbocycles. The molecule has 4 heterocycles. The number of anilines is 1. The second-order valence-corrected chi connectivity index (χ2v) is 8.65. The zero-order valence-corrected chi connectivity index (χ0v) is 18.6. The number of nitrogens with zero attached hydrogens (tertiary/aromatic N) is 5. The maximum Gasteiger partial charge on any atom is 0.277 e. The summed E-state index contributed by atoms with van der Waals surface area (Å²) in [4.78, 5) is 29.4. The Morgan fingerprint density at radius 1 is 1.03 bits per heavy atom. The number of piperidine rings is 1. The molecule has 2 saturated heterocycles. The first kappa shape index (κ1) is 22.4. The van der Waals surface area contributed by atoms with Crippen LogP contribution < -0.4 is 10.4 Å². The number of carbonyl (C=O) groups is 1. The summed E-state index contributed by atoms with van der Waals surface area (Å²) in [6.45, 7) is 4.99. The van der Waals surface area contributed by atoms with Crippen LogP contribution in [0, 0.1) is 5.41 Å². The fourth-order valence-corrected chi connectivity index (χ4v) is 4.95. The number of nitrogens with one attached hydrogen (secondary N) is 1. The summed E-state index contributed by atoms with van der Waals surface area (Å²) < 4.78 is 0. The monoisotopic (exact) mass is 454 g/mol. The molecule has 2 aliphatic rings. The standard InChI is InChI=1S/C23H26N6O2.ClH/c30-21(27-31)19-13-25-22(26-14-19)29-11-7-23(8-12-29)6-10-28(16-23)15-18-4-1-3-17-5-2-9-24-20(17)18;/h1-5,9,13-14,31H,6-8,10-12,15-16H2,(H,27,30);1H. The highest BCUT2D eigenvalue weighted by molar-refractivity contribution is 5.92. The minimum atomic E-state index is -0.600. The van der Waals surface area contributed by atoms with E-state index >= 15 is 0 Å². The van der Waals surface area contributed by atoms with Gasteiger partial charge in [-0.1, -0.05) is 24.3 Å². The van der Waals surface area contributed by atoms with Gasteiger partial charge in [-0.15, -0.1) is 12.4 Å². The van der Waals surface area contributed by atoms with Gasteiger partial charge in [0.25, 0.3) is 5.91 Å². The molecule has 0 saturated carbocycles. The summed E-state index contributed by atoms with van der Waals surface area (Å²) in [5, 5.41) is 9.92. The van der Waals surface area contributed by atoms with Crippen molar-refractivity contribution in [1.29, 1.82) is 0 Å². The van der Waals surface area contributed by atoms with Crippen molar-refractivity contribution in [3.63, 3.8) is 0 Å². The van der Waals surface area contributed by atoms with Crippen molar-refractivity contribution in [1.82, 2.24) is 25.3 Å². The van der Waals surface area contributed by atoms with Crippen LogP contribution in [0.1, 0.15) is 35.2 Å². The SMILES string of the molecule is Cl.O=C(NO)c1cnc(N2CCC3(CCN(Cc4cccc5cccnc45)C3)CC2)nc1. The lowest BCUT2D eigenvalue weighted by atomic mass is 9.78. The van der Waals surface area contributed by atoms with Gasteiger partial charge in [0.05, 0.1) is 11.1 Å². The van der Waals surface area contributed by atoms with Crippen LogP contribution in [0.15, 0.2) is 48.9 Å². The van der Waals surface area contributed by atoms with Gasteiger partial charge < -0.3 is 4.90 Å². The summed E-state index contributed by atoms with van der Waals surface area (Å²) in [6, 6.07) is 10.6. The fraction of sp³-hybridized carbons (Fsp3) is 0.391. The molecule has 32 heavy (non-hydrogen) atoms. The number of likely N-dealkylation sites (tertiary alicyclic amines) is 1. The Labute approximate surface area is 193 Å². The summed E-state index contributed by atoms with van der Waals surface area (Å²) in [5.74, 6) is 0.0395. The molecule has 3 aromatic rings. The molecule has 1 spiro atoms. The lowest BCUT2D eigenvalue weighted by Crippen LogP contribution is -2.42. The number of pyridine rings is 1. The molecule has 2 fully saturated rings. The van der Waals surface area contributed by atoms with E-state index < -0.39 is 5.91 Å². The maximum absolute atomic E-state index is 11.4. The van der Waals surface area contributed by atoms with E-state index in [4.69, 9.17) is 5.21 Å². The van der Waals surface area contributed by atoms with Crippen LogP contribution in [-0.2, 0) is 6.54 Å². The average molecular weight is 455 g/mol. The van der Waals surface area contributed by atoms with E-state index in [0.717, 1.165) is 51.1 Å². The molecular weight excluding hydrogens is 428 g/mol. The van der Waals surface area contributed by atoms with Crippen molar-refractivity contribution >= 4 is 35.2 Å². The summed E-state index contributed by atoms with van der Waals surface area (Å²) in [6.07, 6.45) is 8.22. The van der Waals surface area contributed by atoms with Gasteiger partial charge >= 0.3 is 0 Å². The Bertz CT molecular complexity index is 1080. The quantitative estimate of drug-likeness (QED) is 0.462. The summed E-state index contributed by atoms with van der Waals surface area (Å²) in [7, 11) is 0. The largest absolute Gasteiger partial charge is 0.341 e. The number of halogens is 1. The van der Waals surface area contributed by atoms with Crippen molar-refractivity contribution in [2.75, 3.05) is 31.1 Å². The van der Waals surface area contributed by atoms with Crippen molar-refractivity contribution in [3.05, 3.63) is 60.0 Å². The Hall–Kier alpha value is -2.81. The van der Waals surface area contributed by atoms with E-state index in [1.54, 1.807) is 5.48 Å². The van der Waals surface area contributed by atoms with Gasteiger partial charge in [-0.3, -0.25) is 19.9 Å². The minimum Gasteiger partial charge on any atom is -0.341 e. The summed E-state index contributed by atoms with van der Waals surface area (Å²) >= 11 is 0. The van der Waals surface area contributed by atoms with E-state index in [0.29, 0.717) is 11.4 Å². The van der Waals surface area contributed by atoms with Crippen molar-refractivity contribution in [2.45, 2.75) is 25.8 Å². The number of aromatic nitrogens is 3. The molecule has 168 valence electrons. The highest BCUT2D eigenvalue weighted by atomic mass is 35.5. The van der Waals surface area contributed by atoms with Crippen LogP contribution in [-0.4, -0.2) is 57.1 Å². The van der Waals surface area contributed by atoms with Crippen LogP contribution in [0.5, 0.6) is 0 Å². The average Bonchev–Trinajstić information content (AvgIpc) is 3.21. The maximum atomic E-state index is 11.4. The normalized spacial score (nSPS) is 18.0. The lowest BCUT2D eigenvalue weighted by Gasteiger charge is -2.39. The van der Waals surface area contributed by atoms with E-state index in [-0.39, 0.29) is 18.0 Å². The minimum absolute atomic E-state index is 0. The predicted octanol–water partition coefficient (Wildman–Crippen LogP) is 3.06. The number of hydrogen-bond donors (Lipinski definition) is 2. The zero-order chi connectivity index (χ0) is 21.3. The third-order valence-electron chi connectivity index (χ3n) is 6.74. The van der Waals surface area contributed by atoms with Crippen molar-refractivity contribution in [2.24, 2.45) is 5.41 Å². The van der Waals surface area contributed by atoms with Gasteiger partial charge in [0, 0.05) is 50.2 Å². The number of fused-ring (bicyclic) bond motifs is 1. The molecule has 0 aliphatic carbocycles. The van der Waals surface area contributed by atoms with Crippen LogP contribution in [0.3, 0.4) is 0 Å². The van der Waals surface area contributed by atoms with Crippen LogP contribution in [0.4, 0.5) is 5.95 Å². The second-order valence-electron chi connectivity index (χ2n) is 8.65. The lowest BCUT2D eigenvalue weighted by molar-refractivity contribution is 0.0705. The topological polar surface area (TPSA) is 94.5 Å². The Morgan fingerprint density at radius 3 is 2.50 bits per heavy atom. The van der Waals surface area contributed by atoms with E-state index in [1.165, 1.54) is 29.8 Å². The molecule has 2 N–H and O–H groups in total.